The van der Waals surface area contributed by atoms with Crippen molar-refractivity contribution >= 4 is 39.6 Å². The molecule has 7 aromatic rings. The largest absolute Gasteiger partial charge is 0.310 e. The molecule has 0 fully saturated rings. The lowest BCUT2D eigenvalue weighted by Gasteiger charge is -2.40. The average Bonchev–Trinajstić information content (AvgIpc) is 3.37. The van der Waals surface area contributed by atoms with Crippen LogP contribution in [-0.4, -0.2) is 0 Å². The lowest BCUT2D eigenvalue weighted by Crippen LogP contribution is -2.32. The van der Waals surface area contributed by atoms with Gasteiger partial charge in [-0.25, -0.2) is 0 Å². The van der Waals surface area contributed by atoms with E-state index in [-0.39, 0.29) is 0 Å². The Morgan fingerprint density at radius 2 is 1.02 bits per heavy atom. The van der Waals surface area contributed by atoms with Crippen LogP contribution in [0.4, 0.5) is 17.1 Å². The number of nitrogens with zero attached hydrogens (tertiary/aromatic N) is 1. The standard InChI is InChI=1S/C41H27NS/c1-3-14-29(15-4-1)42(30-16-5-2-6-17-30)31-24-26-36-39(27-31)43-38-22-12-11-21-35(38)41(36)34-20-10-9-19-33(34)40-32-18-8-7-13-28(32)23-25-37(40)41/h1-27H. The van der Waals surface area contributed by atoms with E-state index in [1.165, 1.54) is 53.9 Å². The summed E-state index contributed by atoms with van der Waals surface area (Å²) in [5, 5.41) is 2.60. The summed E-state index contributed by atoms with van der Waals surface area (Å²) in [6.07, 6.45) is 0. The number of para-hydroxylation sites is 2. The maximum atomic E-state index is 2.40. The molecular formula is C41H27NS. The van der Waals surface area contributed by atoms with E-state index < -0.39 is 5.41 Å². The van der Waals surface area contributed by atoms with Crippen molar-refractivity contribution in [3.63, 3.8) is 0 Å². The Hall–Kier alpha value is -5.05. The summed E-state index contributed by atoms with van der Waals surface area (Å²) in [5.41, 5.74) is 11.2. The molecule has 1 heterocycles. The van der Waals surface area contributed by atoms with Gasteiger partial charge in [0.1, 0.15) is 0 Å². The lowest BCUT2D eigenvalue weighted by molar-refractivity contribution is 0.723. The Balaban J connectivity index is 1.35. The molecular weight excluding hydrogens is 539 g/mol. The molecule has 1 nitrogen and oxygen atoms in total. The van der Waals surface area contributed by atoms with E-state index >= 15 is 0 Å². The van der Waals surface area contributed by atoms with Gasteiger partial charge in [0.05, 0.1) is 5.41 Å². The minimum Gasteiger partial charge on any atom is -0.310 e. The smallest absolute Gasteiger partial charge is 0.0735 e. The van der Waals surface area contributed by atoms with Gasteiger partial charge in [-0.1, -0.05) is 133 Å². The molecule has 1 atom stereocenters. The second-order valence-corrected chi connectivity index (χ2v) is 12.4. The molecule has 2 heteroatoms. The first-order chi connectivity index (χ1) is 21.3. The fraction of sp³-hybridized carbons (Fsp3) is 0.0244. The van der Waals surface area contributed by atoms with Crippen LogP contribution < -0.4 is 4.90 Å². The summed E-state index contributed by atoms with van der Waals surface area (Å²) < 4.78 is 0. The zero-order valence-corrected chi connectivity index (χ0v) is 24.3. The van der Waals surface area contributed by atoms with E-state index in [1.807, 2.05) is 11.8 Å². The molecule has 202 valence electrons. The van der Waals surface area contributed by atoms with Crippen molar-refractivity contribution in [2.24, 2.45) is 0 Å². The number of rotatable bonds is 3. The summed E-state index contributed by atoms with van der Waals surface area (Å²) in [7, 11) is 0. The highest BCUT2D eigenvalue weighted by atomic mass is 32.2. The van der Waals surface area contributed by atoms with E-state index in [1.54, 1.807) is 0 Å². The maximum absolute atomic E-state index is 2.40. The Bertz CT molecular complexity index is 2130. The third-order valence-corrected chi connectivity index (χ3v) is 10.2. The number of hydrogen-bond acceptors (Lipinski definition) is 2. The fourth-order valence-corrected chi connectivity index (χ4v) is 8.63. The monoisotopic (exact) mass is 565 g/mol. The van der Waals surface area contributed by atoms with Gasteiger partial charge in [-0.15, -0.1) is 0 Å². The first-order valence-electron chi connectivity index (χ1n) is 14.8. The molecule has 0 N–H and O–H groups in total. The predicted molar refractivity (Wildman–Crippen MR) is 180 cm³/mol. The number of hydrogen-bond donors (Lipinski definition) is 0. The van der Waals surface area contributed by atoms with Crippen molar-refractivity contribution in [2.75, 3.05) is 4.90 Å². The van der Waals surface area contributed by atoms with E-state index in [2.05, 4.69) is 169 Å². The van der Waals surface area contributed by atoms with Crippen molar-refractivity contribution < 1.29 is 0 Å². The highest BCUT2D eigenvalue weighted by Gasteiger charge is 2.50. The van der Waals surface area contributed by atoms with Crippen molar-refractivity contribution in [3.8, 4) is 11.1 Å². The first-order valence-corrected chi connectivity index (χ1v) is 15.6. The minimum absolute atomic E-state index is 0.393. The summed E-state index contributed by atoms with van der Waals surface area (Å²) in [5.74, 6) is 0. The van der Waals surface area contributed by atoms with Crippen LogP contribution in [-0.2, 0) is 5.41 Å². The number of benzene rings is 7. The van der Waals surface area contributed by atoms with Gasteiger partial charge in [0.15, 0.2) is 0 Å². The summed E-state index contributed by atoms with van der Waals surface area (Å²) in [4.78, 5) is 4.97. The van der Waals surface area contributed by atoms with Gasteiger partial charge in [0.2, 0.25) is 0 Å². The molecule has 0 bridgehead atoms. The zero-order valence-electron chi connectivity index (χ0n) is 23.4. The van der Waals surface area contributed by atoms with Crippen LogP contribution in [0.1, 0.15) is 22.3 Å². The first kappa shape index (κ1) is 24.5. The van der Waals surface area contributed by atoms with E-state index in [9.17, 15) is 0 Å². The molecule has 7 aromatic carbocycles. The number of anilines is 3. The second-order valence-electron chi connectivity index (χ2n) is 11.3. The van der Waals surface area contributed by atoms with Crippen LogP contribution in [0.3, 0.4) is 0 Å². The third-order valence-electron chi connectivity index (χ3n) is 9.10. The van der Waals surface area contributed by atoms with Crippen molar-refractivity contribution in [1.29, 1.82) is 0 Å². The van der Waals surface area contributed by atoms with Gasteiger partial charge in [0.25, 0.3) is 0 Å². The van der Waals surface area contributed by atoms with Crippen LogP contribution in [0.25, 0.3) is 21.9 Å². The van der Waals surface area contributed by atoms with Crippen LogP contribution in [0.2, 0.25) is 0 Å². The minimum atomic E-state index is -0.393. The molecule has 2 aliphatic rings. The fourth-order valence-electron chi connectivity index (χ4n) is 7.40. The lowest BCUT2D eigenvalue weighted by atomic mass is 9.67. The van der Waals surface area contributed by atoms with E-state index in [0.29, 0.717) is 0 Å². The molecule has 0 saturated carbocycles. The predicted octanol–water partition coefficient (Wildman–Crippen LogP) is 11.1. The van der Waals surface area contributed by atoms with Crippen LogP contribution in [0, 0.1) is 0 Å². The molecule has 0 saturated heterocycles. The van der Waals surface area contributed by atoms with E-state index in [4.69, 9.17) is 0 Å². The Kier molecular flexibility index (Phi) is 5.41. The Morgan fingerprint density at radius 1 is 0.419 bits per heavy atom. The SMILES string of the molecule is c1ccc(N(c2ccccc2)c2ccc3c(c2)Sc2ccccc2C32c3ccccc3-c3c2ccc2ccccc32)cc1. The Labute approximate surface area is 256 Å². The van der Waals surface area contributed by atoms with Crippen LogP contribution in [0.5, 0.6) is 0 Å². The van der Waals surface area contributed by atoms with Gasteiger partial charge >= 0.3 is 0 Å². The molecule has 0 aromatic heterocycles. The van der Waals surface area contributed by atoms with Crippen LogP contribution >= 0.6 is 11.8 Å². The highest BCUT2D eigenvalue weighted by Crippen LogP contribution is 2.63. The average molecular weight is 566 g/mol. The highest BCUT2D eigenvalue weighted by molar-refractivity contribution is 7.99. The van der Waals surface area contributed by atoms with Gasteiger partial charge in [-0.3, -0.25) is 0 Å². The molecule has 0 amide bonds. The topological polar surface area (TPSA) is 3.24 Å². The molecule has 1 spiro atoms. The molecule has 1 aliphatic carbocycles. The quantitative estimate of drug-likeness (QED) is 0.210. The summed E-state index contributed by atoms with van der Waals surface area (Å²) in [6, 6.07) is 60.1. The second kappa shape index (κ2) is 9.49. The maximum Gasteiger partial charge on any atom is 0.0735 e. The van der Waals surface area contributed by atoms with Crippen molar-refractivity contribution in [1.82, 2.24) is 0 Å². The van der Waals surface area contributed by atoms with Crippen molar-refractivity contribution in [3.05, 3.63) is 186 Å². The molecule has 9 rings (SSSR count). The molecule has 1 unspecified atom stereocenters. The van der Waals surface area contributed by atoms with Gasteiger partial charge in [-0.05, 0) is 86.6 Å². The summed E-state index contributed by atoms with van der Waals surface area (Å²) >= 11 is 1.89. The van der Waals surface area contributed by atoms with Crippen LogP contribution in [0.15, 0.2) is 174 Å². The number of fused-ring (bicyclic) bond motifs is 11. The van der Waals surface area contributed by atoms with Crippen molar-refractivity contribution in [2.45, 2.75) is 15.2 Å². The molecule has 1 aliphatic heterocycles. The van der Waals surface area contributed by atoms with E-state index in [0.717, 1.165) is 17.1 Å². The normalized spacial score (nSPS) is 15.9. The van der Waals surface area contributed by atoms with Gasteiger partial charge in [0, 0.05) is 26.9 Å². The van der Waals surface area contributed by atoms with Gasteiger partial charge < -0.3 is 4.90 Å². The molecule has 43 heavy (non-hydrogen) atoms. The zero-order chi connectivity index (χ0) is 28.4. The third kappa shape index (κ3) is 3.48. The Morgan fingerprint density at radius 3 is 1.81 bits per heavy atom. The van der Waals surface area contributed by atoms with Gasteiger partial charge in [-0.2, -0.15) is 0 Å². The summed E-state index contributed by atoms with van der Waals surface area (Å²) in [6.45, 7) is 0. The molecule has 0 radical (unpaired) electrons.